The first-order chi connectivity index (χ1) is 28.1. The highest BCUT2D eigenvalue weighted by atomic mass is 32.2. The number of methoxy groups -OCH3 is 1. The topological polar surface area (TPSA) is 115 Å². The van der Waals surface area contributed by atoms with Crippen LogP contribution in [0, 0.1) is 20.8 Å². The van der Waals surface area contributed by atoms with Gasteiger partial charge in [0.15, 0.2) is 5.78 Å². The van der Waals surface area contributed by atoms with Gasteiger partial charge in [-0.15, -0.1) is 0 Å². The van der Waals surface area contributed by atoms with Crippen LogP contribution in [-0.4, -0.2) is 70.9 Å². The summed E-state index contributed by atoms with van der Waals surface area (Å²) in [5.74, 6) is -0.398. The molecule has 310 valence electrons. The zero-order valence-corrected chi connectivity index (χ0v) is 34.6. The van der Waals surface area contributed by atoms with E-state index in [0.29, 0.717) is 67.2 Å². The van der Waals surface area contributed by atoms with E-state index in [4.69, 9.17) is 23.2 Å². The van der Waals surface area contributed by atoms with E-state index in [0.717, 1.165) is 16.7 Å². The fourth-order valence-corrected chi connectivity index (χ4v) is 7.82. The lowest BCUT2D eigenvalue weighted by Crippen LogP contribution is -2.32. The molecule has 1 aromatic heterocycles. The van der Waals surface area contributed by atoms with E-state index in [2.05, 4.69) is 5.16 Å². The minimum atomic E-state index is -5.12. The van der Waals surface area contributed by atoms with Gasteiger partial charge >= 0.3 is 11.5 Å². The maximum absolute atomic E-state index is 14.7. The number of carbonyl (C=O) groups is 2. The molecule has 0 bridgehead atoms. The van der Waals surface area contributed by atoms with Crippen LogP contribution in [0.3, 0.4) is 0 Å². The lowest BCUT2D eigenvalue weighted by atomic mass is 9.89. The smallest absolute Gasteiger partial charge is 0.490 e. The molecule has 14 heteroatoms. The third kappa shape index (κ3) is 9.57. The second-order valence-corrected chi connectivity index (χ2v) is 15.6. The molecule has 0 spiro atoms. The molecular formula is C45H45F3N2O8S. The van der Waals surface area contributed by atoms with Crippen molar-refractivity contribution in [2.24, 2.45) is 5.16 Å². The number of carbonyl (C=O) groups excluding carboxylic acids is 2. The van der Waals surface area contributed by atoms with Crippen LogP contribution in [0.4, 0.5) is 13.2 Å². The van der Waals surface area contributed by atoms with Crippen LogP contribution in [0.25, 0.3) is 32.6 Å². The van der Waals surface area contributed by atoms with Crippen LogP contribution in [0.2, 0.25) is 0 Å². The quantitative estimate of drug-likeness (QED) is 0.0312. The maximum atomic E-state index is 14.7. The number of aryl methyl sites for hydroxylation is 3. The number of hydrogen-bond acceptors (Lipinski definition) is 9. The predicted octanol–water partition coefficient (Wildman–Crippen LogP) is 9.44. The minimum Gasteiger partial charge on any atom is -0.490 e. The van der Waals surface area contributed by atoms with E-state index in [1.807, 2.05) is 63.2 Å². The lowest BCUT2D eigenvalue weighted by Gasteiger charge is -2.21. The molecule has 0 radical (unpaired) electrons. The standard InChI is InChI=1S/C45H45F3N2O8S/c1-26(2)56-25-32(58-59(53)45(46,47)48)24-50-39-17-16-31(42(49-57-30(6)51)35-14-10-11-15-40(35)55-19-18-54-7)22-36(39)37-23-38(33-12-8-9-13-34(33)43(37)50)44(52)41-28(4)20-27(3)21-29(41)5/h8-17,20-23,26,32H,18-19,24-25H2,1-7H3/b49-42+. The molecule has 2 unspecified atom stereocenters. The Morgan fingerprint density at radius 1 is 0.831 bits per heavy atom. The second kappa shape index (κ2) is 18.2. The summed E-state index contributed by atoms with van der Waals surface area (Å²) >= 11 is -3.63. The highest BCUT2D eigenvalue weighted by Gasteiger charge is 2.40. The van der Waals surface area contributed by atoms with Crippen molar-refractivity contribution in [3.05, 3.63) is 124 Å². The highest BCUT2D eigenvalue weighted by molar-refractivity contribution is 7.81. The normalized spacial score (nSPS) is 13.4. The van der Waals surface area contributed by atoms with Crippen molar-refractivity contribution in [2.45, 2.75) is 65.8 Å². The van der Waals surface area contributed by atoms with Gasteiger partial charge in [-0.1, -0.05) is 65.3 Å². The van der Waals surface area contributed by atoms with Crippen molar-refractivity contribution < 1.29 is 50.2 Å². The van der Waals surface area contributed by atoms with Crippen LogP contribution in [0.5, 0.6) is 5.75 Å². The third-order valence-electron chi connectivity index (χ3n) is 9.65. The van der Waals surface area contributed by atoms with Crippen LogP contribution in [0.15, 0.2) is 90.1 Å². The van der Waals surface area contributed by atoms with Gasteiger partial charge in [-0.25, -0.2) is 9.00 Å². The molecule has 5 aromatic carbocycles. The van der Waals surface area contributed by atoms with Crippen molar-refractivity contribution in [1.29, 1.82) is 0 Å². The number of oxime groups is 1. The lowest BCUT2D eigenvalue weighted by molar-refractivity contribution is -0.140. The number of ether oxygens (including phenoxy) is 3. The Labute approximate surface area is 342 Å². The first-order valence-corrected chi connectivity index (χ1v) is 20.0. The summed E-state index contributed by atoms with van der Waals surface area (Å²) in [6.45, 7) is 10.5. The van der Waals surface area contributed by atoms with Crippen LogP contribution < -0.4 is 4.74 Å². The van der Waals surface area contributed by atoms with Crippen molar-refractivity contribution in [2.75, 3.05) is 26.9 Å². The molecule has 0 aliphatic rings. The predicted molar refractivity (Wildman–Crippen MR) is 222 cm³/mol. The first kappa shape index (κ1) is 43.2. The van der Waals surface area contributed by atoms with Crippen LogP contribution in [0.1, 0.15) is 64.5 Å². The SMILES string of the molecule is COCCOc1ccccc1/C(=N/OC(C)=O)c1ccc2c(c1)c1cc(C(=O)c3c(C)cc(C)cc3C)c3ccccc3c1n2CC(COC(C)C)OS(=O)C(F)(F)F. The van der Waals surface area contributed by atoms with Gasteiger partial charge in [0.05, 0.1) is 31.4 Å². The van der Waals surface area contributed by atoms with Gasteiger partial charge in [-0.2, -0.15) is 13.2 Å². The summed E-state index contributed by atoms with van der Waals surface area (Å²) in [7, 11) is 1.56. The van der Waals surface area contributed by atoms with Gasteiger partial charge < -0.3 is 23.6 Å². The van der Waals surface area contributed by atoms with Crippen molar-refractivity contribution in [1.82, 2.24) is 4.57 Å². The summed E-state index contributed by atoms with van der Waals surface area (Å²) in [6, 6.07) is 25.5. The Hall–Kier alpha value is -5.41. The molecule has 0 aliphatic heterocycles. The molecule has 0 amide bonds. The number of fused-ring (bicyclic) bond motifs is 5. The molecule has 2 atom stereocenters. The Morgan fingerprint density at radius 2 is 1.51 bits per heavy atom. The number of halogens is 3. The Morgan fingerprint density at radius 3 is 2.17 bits per heavy atom. The van der Waals surface area contributed by atoms with E-state index in [1.165, 1.54) is 6.92 Å². The monoisotopic (exact) mass is 830 g/mol. The summed E-state index contributed by atoms with van der Waals surface area (Å²) in [6.07, 6.45) is -1.67. The second-order valence-electron chi connectivity index (χ2n) is 14.5. The minimum absolute atomic E-state index is 0.193. The number of hydrogen-bond donors (Lipinski definition) is 0. The molecule has 1 heterocycles. The van der Waals surface area contributed by atoms with Crippen LogP contribution >= 0.6 is 0 Å². The molecule has 0 saturated carbocycles. The van der Waals surface area contributed by atoms with E-state index >= 15 is 0 Å². The van der Waals surface area contributed by atoms with Gasteiger partial charge in [0.25, 0.3) is 11.1 Å². The molecule has 6 aromatic rings. The maximum Gasteiger partial charge on any atom is 0.497 e. The fourth-order valence-electron chi connectivity index (χ4n) is 7.34. The molecule has 0 aliphatic carbocycles. The van der Waals surface area contributed by atoms with E-state index in [-0.39, 0.29) is 37.4 Å². The van der Waals surface area contributed by atoms with Gasteiger partial charge in [0, 0.05) is 58.0 Å². The number of rotatable bonds is 16. The van der Waals surface area contributed by atoms with Crippen molar-refractivity contribution >= 4 is 61.1 Å². The molecule has 0 fully saturated rings. The Bertz CT molecular complexity index is 2580. The summed E-state index contributed by atoms with van der Waals surface area (Å²) in [4.78, 5) is 32.1. The number of alkyl halides is 3. The van der Waals surface area contributed by atoms with Crippen LogP contribution in [-0.2, 0) is 40.9 Å². The van der Waals surface area contributed by atoms with E-state index in [1.54, 1.807) is 68.0 Å². The highest BCUT2D eigenvalue weighted by Crippen LogP contribution is 2.39. The number of para-hydroxylation sites is 1. The summed E-state index contributed by atoms with van der Waals surface area (Å²) in [5, 5.41) is 6.75. The number of nitrogens with zero attached hydrogens (tertiary/aromatic N) is 2. The number of ketones is 1. The summed E-state index contributed by atoms with van der Waals surface area (Å²) in [5.41, 5.74) is 0.958. The molecule has 59 heavy (non-hydrogen) atoms. The first-order valence-electron chi connectivity index (χ1n) is 18.9. The van der Waals surface area contributed by atoms with Gasteiger partial charge in [-0.3, -0.25) is 8.98 Å². The van der Waals surface area contributed by atoms with Crippen molar-refractivity contribution in [3.63, 3.8) is 0 Å². The molecule has 10 nitrogen and oxygen atoms in total. The fraction of sp³-hybridized carbons (Fsp3) is 0.311. The summed E-state index contributed by atoms with van der Waals surface area (Å²) < 4.78 is 77.3. The molecular weight excluding hydrogens is 786 g/mol. The Balaban J connectivity index is 1.66. The zero-order chi connectivity index (χ0) is 42.6. The largest absolute Gasteiger partial charge is 0.497 e. The van der Waals surface area contributed by atoms with E-state index < -0.39 is 28.7 Å². The van der Waals surface area contributed by atoms with Gasteiger partial charge in [-0.05, 0) is 81.5 Å². The average Bonchev–Trinajstić information content (AvgIpc) is 3.48. The van der Waals surface area contributed by atoms with Gasteiger partial charge in [0.2, 0.25) is 0 Å². The Kier molecular flexibility index (Phi) is 13.4. The number of aromatic nitrogens is 1. The zero-order valence-electron chi connectivity index (χ0n) is 33.8. The molecule has 0 N–H and O–H groups in total. The average molecular weight is 831 g/mol. The van der Waals surface area contributed by atoms with Crippen molar-refractivity contribution in [3.8, 4) is 5.75 Å². The third-order valence-corrected chi connectivity index (χ3v) is 10.5. The molecule has 6 rings (SSSR count). The number of benzene rings is 5. The van der Waals surface area contributed by atoms with Gasteiger partial charge in [0.1, 0.15) is 24.2 Å². The molecule has 0 saturated heterocycles. The van der Waals surface area contributed by atoms with E-state index in [9.17, 15) is 27.0 Å².